The third kappa shape index (κ3) is 4.06. The van der Waals surface area contributed by atoms with Crippen molar-refractivity contribution in [3.8, 4) is 5.75 Å². The Kier molecular flexibility index (Phi) is 5.49. The molecule has 3 aliphatic heterocycles. The molecular weight excluding hydrogens is 456 g/mol. The largest absolute Gasteiger partial charge is 0.478 e. The first-order valence-electron chi connectivity index (χ1n) is 11.8. The van der Waals surface area contributed by atoms with Crippen molar-refractivity contribution in [2.24, 2.45) is 0 Å². The summed E-state index contributed by atoms with van der Waals surface area (Å²) in [6, 6.07) is 6.59. The van der Waals surface area contributed by atoms with Crippen LogP contribution in [0.15, 0.2) is 35.3 Å². The van der Waals surface area contributed by atoms with Crippen LogP contribution in [0.1, 0.15) is 29.9 Å². The van der Waals surface area contributed by atoms with Crippen molar-refractivity contribution < 1.29 is 18.3 Å². The molecule has 0 unspecified atom stereocenters. The molecule has 0 spiro atoms. The van der Waals surface area contributed by atoms with Gasteiger partial charge in [0.1, 0.15) is 5.82 Å². The summed E-state index contributed by atoms with van der Waals surface area (Å²) >= 11 is 0. The zero-order chi connectivity index (χ0) is 24.1. The molecule has 2 aromatic heterocycles. The van der Waals surface area contributed by atoms with Gasteiger partial charge in [-0.1, -0.05) is 0 Å². The SMILES string of the molecule is O=C1COc2c(F)cc(CNC3CCN(C[C@@H]4Cn5c(=O)ccc6ncc(F)c4c65)CC3)cc2N1. The minimum atomic E-state index is -0.483. The summed E-state index contributed by atoms with van der Waals surface area (Å²) < 4.78 is 35.9. The van der Waals surface area contributed by atoms with E-state index in [1.54, 1.807) is 16.7 Å². The minimum absolute atomic E-state index is 0.0842. The van der Waals surface area contributed by atoms with Gasteiger partial charge in [0.05, 0.1) is 22.9 Å². The van der Waals surface area contributed by atoms with Crippen LogP contribution in [-0.2, 0) is 17.9 Å². The fourth-order valence-electron chi connectivity index (χ4n) is 5.50. The lowest BCUT2D eigenvalue weighted by Crippen LogP contribution is -2.43. The van der Waals surface area contributed by atoms with Crippen LogP contribution in [0.3, 0.4) is 0 Å². The number of aromatic nitrogens is 2. The number of nitrogens with one attached hydrogen (secondary N) is 2. The fraction of sp³-hybridized carbons (Fsp3) is 0.400. The van der Waals surface area contributed by atoms with E-state index in [4.69, 9.17) is 4.74 Å². The van der Waals surface area contributed by atoms with Gasteiger partial charge in [-0.05, 0) is 49.7 Å². The molecule has 2 N–H and O–H groups in total. The Balaban J connectivity index is 1.07. The topological polar surface area (TPSA) is 88.5 Å². The number of ether oxygens (including phenoxy) is 1. The molecule has 0 aliphatic carbocycles. The molecule has 6 rings (SSSR count). The molecule has 0 bridgehead atoms. The molecule has 3 aromatic rings. The maximum atomic E-state index is 14.7. The van der Waals surface area contributed by atoms with Gasteiger partial charge < -0.3 is 24.8 Å². The van der Waals surface area contributed by atoms with Crippen molar-refractivity contribution in [2.45, 2.75) is 37.9 Å². The van der Waals surface area contributed by atoms with Crippen LogP contribution in [-0.4, -0.2) is 52.6 Å². The monoisotopic (exact) mass is 481 g/mol. The lowest BCUT2D eigenvalue weighted by Gasteiger charge is -2.34. The van der Waals surface area contributed by atoms with Crippen LogP contribution < -0.4 is 20.9 Å². The molecule has 182 valence electrons. The Bertz CT molecular complexity index is 1380. The maximum absolute atomic E-state index is 14.7. The quantitative estimate of drug-likeness (QED) is 0.582. The molecule has 5 heterocycles. The Labute approximate surface area is 199 Å². The highest BCUT2D eigenvalue weighted by atomic mass is 19.1. The summed E-state index contributed by atoms with van der Waals surface area (Å²) in [7, 11) is 0. The van der Waals surface area contributed by atoms with E-state index in [0.29, 0.717) is 41.9 Å². The van der Waals surface area contributed by atoms with Gasteiger partial charge in [0.25, 0.3) is 11.5 Å². The van der Waals surface area contributed by atoms with E-state index in [1.807, 2.05) is 0 Å². The van der Waals surface area contributed by atoms with Crippen LogP contribution in [0.5, 0.6) is 5.75 Å². The highest BCUT2D eigenvalue weighted by molar-refractivity contribution is 5.95. The first-order valence-corrected chi connectivity index (χ1v) is 11.8. The van der Waals surface area contributed by atoms with E-state index in [2.05, 4.69) is 20.5 Å². The van der Waals surface area contributed by atoms with Gasteiger partial charge in [0, 0.05) is 43.2 Å². The molecule has 8 nitrogen and oxygen atoms in total. The number of fused-ring (bicyclic) bond motifs is 1. The van der Waals surface area contributed by atoms with Gasteiger partial charge in [0.2, 0.25) is 0 Å². The van der Waals surface area contributed by atoms with Crippen LogP contribution in [0, 0.1) is 11.6 Å². The average molecular weight is 482 g/mol. The van der Waals surface area contributed by atoms with E-state index < -0.39 is 5.82 Å². The number of nitrogens with zero attached hydrogens (tertiary/aromatic N) is 3. The van der Waals surface area contributed by atoms with E-state index in [-0.39, 0.29) is 41.6 Å². The first-order chi connectivity index (χ1) is 17.0. The number of halogens is 2. The second kappa shape index (κ2) is 8.69. The van der Waals surface area contributed by atoms with Crippen molar-refractivity contribution in [3.05, 3.63) is 63.6 Å². The van der Waals surface area contributed by atoms with E-state index in [1.165, 1.54) is 18.3 Å². The van der Waals surface area contributed by atoms with Crippen molar-refractivity contribution >= 4 is 22.6 Å². The smallest absolute Gasteiger partial charge is 0.262 e. The number of piperidine rings is 1. The summed E-state index contributed by atoms with van der Waals surface area (Å²) in [5.74, 6) is -1.13. The molecule has 1 fully saturated rings. The minimum Gasteiger partial charge on any atom is -0.478 e. The highest BCUT2D eigenvalue weighted by Crippen LogP contribution is 2.35. The van der Waals surface area contributed by atoms with Crippen LogP contribution in [0.25, 0.3) is 11.0 Å². The Hall–Kier alpha value is -3.37. The van der Waals surface area contributed by atoms with Crippen molar-refractivity contribution in [2.75, 3.05) is 31.6 Å². The van der Waals surface area contributed by atoms with Crippen LogP contribution >= 0.6 is 0 Å². The predicted molar refractivity (Wildman–Crippen MR) is 126 cm³/mol. The number of anilines is 1. The van der Waals surface area contributed by atoms with Crippen LogP contribution in [0.2, 0.25) is 0 Å². The number of hydrogen-bond donors (Lipinski definition) is 2. The van der Waals surface area contributed by atoms with Crippen molar-refractivity contribution in [3.63, 3.8) is 0 Å². The maximum Gasteiger partial charge on any atom is 0.262 e. The van der Waals surface area contributed by atoms with Gasteiger partial charge in [0.15, 0.2) is 18.2 Å². The second-order valence-corrected chi connectivity index (χ2v) is 9.48. The zero-order valence-electron chi connectivity index (χ0n) is 19.0. The average Bonchev–Trinajstić information content (AvgIpc) is 3.23. The summed E-state index contributed by atoms with van der Waals surface area (Å²) in [6.07, 6.45) is 3.06. The Morgan fingerprint density at radius 1 is 1.14 bits per heavy atom. The third-order valence-corrected chi connectivity index (χ3v) is 7.19. The first kappa shape index (κ1) is 22.1. The zero-order valence-corrected chi connectivity index (χ0v) is 19.0. The molecule has 1 saturated heterocycles. The number of hydrogen-bond acceptors (Lipinski definition) is 6. The highest BCUT2D eigenvalue weighted by Gasteiger charge is 2.31. The number of amides is 1. The molecule has 1 aromatic carbocycles. The second-order valence-electron chi connectivity index (χ2n) is 9.48. The molecule has 1 atom stereocenters. The number of rotatable bonds is 5. The normalized spacial score (nSPS) is 20.1. The standard InChI is InChI=1S/C25H25F2N5O3/c26-17-7-14(8-20-25(17)35-13-21(33)30-20)9-28-16-3-5-31(6-4-16)11-15-12-32-22(34)2-1-19-24(32)23(15)18(27)10-29-19/h1-2,7-8,10,15-16,28H,3-6,9,11-13H2,(H,30,33)/t15-/m1/s1. The molecule has 10 heteroatoms. The summed E-state index contributed by atoms with van der Waals surface area (Å²) in [4.78, 5) is 30.3. The molecule has 3 aliphatic rings. The van der Waals surface area contributed by atoms with Crippen LogP contribution in [0.4, 0.5) is 14.5 Å². The molecule has 35 heavy (non-hydrogen) atoms. The molecule has 1 amide bonds. The Morgan fingerprint density at radius 2 is 1.97 bits per heavy atom. The number of benzene rings is 1. The fourth-order valence-corrected chi connectivity index (χ4v) is 5.50. The summed E-state index contributed by atoms with van der Waals surface area (Å²) in [6.45, 7) is 3.14. The van der Waals surface area contributed by atoms with Gasteiger partial charge in [-0.2, -0.15) is 0 Å². The van der Waals surface area contributed by atoms with Gasteiger partial charge >= 0.3 is 0 Å². The van der Waals surface area contributed by atoms with Crippen molar-refractivity contribution in [1.82, 2.24) is 19.8 Å². The lowest BCUT2D eigenvalue weighted by atomic mass is 9.98. The number of carbonyl (C=O) groups excluding carboxylic acids is 1. The predicted octanol–water partition coefficient (Wildman–Crippen LogP) is 2.36. The molecule has 0 radical (unpaired) electrons. The molecular formula is C25H25F2N5O3. The summed E-state index contributed by atoms with van der Waals surface area (Å²) in [5.41, 5.74) is 2.84. The number of pyridine rings is 2. The third-order valence-electron chi connectivity index (χ3n) is 7.19. The van der Waals surface area contributed by atoms with Gasteiger partial charge in [-0.25, -0.2) is 8.78 Å². The number of carbonyl (C=O) groups is 1. The molecule has 0 saturated carbocycles. The van der Waals surface area contributed by atoms with E-state index in [0.717, 1.165) is 31.5 Å². The van der Waals surface area contributed by atoms with Gasteiger partial charge in [-0.3, -0.25) is 14.6 Å². The van der Waals surface area contributed by atoms with E-state index >= 15 is 0 Å². The van der Waals surface area contributed by atoms with E-state index in [9.17, 15) is 18.4 Å². The lowest BCUT2D eigenvalue weighted by molar-refractivity contribution is -0.118. The Morgan fingerprint density at radius 3 is 2.80 bits per heavy atom. The number of likely N-dealkylation sites (tertiary alicyclic amines) is 1. The van der Waals surface area contributed by atoms with Crippen molar-refractivity contribution in [1.29, 1.82) is 0 Å². The summed E-state index contributed by atoms with van der Waals surface area (Å²) in [5, 5.41) is 6.13. The van der Waals surface area contributed by atoms with Gasteiger partial charge in [-0.15, -0.1) is 0 Å².